The van der Waals surface area contributed by atoms with Crippen molar-refractivity contribution >= 4 is 11.8 Å². The molecule has 5 nitrogen and oxygen atoms in total. The van der Waals surface area contributed by atoms with Gasteiger partial charge < -0.3 is 10.4 Å². The van der Waals surface area contributed by atoms with E-state index in [-0.39, 0.29) is 5.56 Å². The number of carboxylic acids is 1. The van der Waals surface area contributed by atoms with Crippen molar-refractivity contribution in [2.75, 3.05) is 11.9 Å². The van der Waals surface area contributed by atoms with Crippen LogP contribution in [0.5, 0.6) is 0 Å². The van der Waals surface area contributed by atoms with E-state index in [1.807, 2.05) is 0 Å². The summed E-state index contributed by atoms with van der Waals surface area (Å²) in [5.74, 6) is 0.888. The number of hydrogen-bond acceptors (Lipinski definition) is 4. The third-order valence-corrected chi connectivity index (χ3v) is 3.64. The van der Waals surface area contributed by atoms with Crippen molar-refractivity contribution in [1.29, 1.82) is 0 Å². The molecule has 1 aliphatic rings. The second-order valence-electron chi connectivity index (χ2n) is 5.10. The van der Waals surface area contributed by atoms with Gasteiger partial charge in [0.15, 0.2) is 0 Å². The molecule has 0 bridgehead atoms. The van der Waals surface area contributed by atoms with Crippen LogP contribution in [0.15, 0.2) is 12.5 Å². The van der Waals surface area contributed by atoms with E-state index in [4.69, 9.17) is 5.11 Å². The first-order valence-electron chi connectivity index (χ1n) is 6.44. The maximum absolute atomic E-state index is 11.0. The summed E-state index contributed by atoms with van der Waals surface area (Å²) in [5.41, 5.74) is 0.140. The molecule has 1 saturated carbocycles. The van der Waals surface area contributed by atoms with Gasteiger partial charge in [-0.05, 0) is 24.7 Å². The average Bonchev–Trinajstić information content (AvgIpc) is 2.38. The molecule has 98 valence electrons. The van der Waals surface area contributed by atoms with E-state index in [0.717, 1.165) is 12.5 Å². The van der Waals surface area contributed by atoms with E-state index >= 15 is 0 Å². The molecule has 2 N–H and O–H groups in total. The fourth-order valence-electron chi connectivity index (χ4n) is 2.40. The smallest absolute Gasteiger partial charge is 0.341 e. The lowest BCUT2D eigenvalue weighted by Crippen LogP contribution is -2.21. The van der Waals surface area contributed by atoms with Gasteiger partial charge >= 0.3 is 5.97 Å². The molecule has 0 atom stereocenters. The molecule has 1 aromatic rings. The SMILES string of the molecule is CC1CCC(CNc2ncncc2C(=O)O)CC1. The molecule has 0 amide bonds. The first-order valence-corrected chi connectivity index (χ1v) is 6.44. The second-order valence-corrected chi connectivity index (χ2v) is 5.10. The summed E-state index contributed by atoms with van der Waals surface area (Å²) in [4.78, 5) is 18.7. The molecule has 1 fully saturated rings. The van der Waals surface area contributed by atoms with Gasteiger partial charge in [-0.2, -0.15) is 0 Å². The van der Waals surface area contributed by atoms with Gasteiger partial charge in [0.2, 0.25) is 0 Å². The average molecular weight is 249 g/mol. The molecule has 0 radical (unpaired) electrons. The Morgan fingerprint density at radius 1 is 1.44 bits per heavy atom. The zero-order valence-corrected chi connectivity index (χ0v) is 10.6. The summed E-state index contributed by atoms with van der Waals surface area (Å²) in [7, 11) is 0. The molecule has 2 rings (SSSR count). The van der Waals surface area contributed by atoms with Crippen molar-refractivity contribution in [3.05, 3.63) is 18.1 Å². The topological polar surface area (TPSA) is 75.1 Å². The fraction of sp³-hybridized carbons (Fsp3) is 0.615. The second kappa shape index (κ2) is 5.80. The van der Waals surface area contributed by atoms with E-state index < -0.39 is 5.97 Å². The molecule has 0 aromatic carbocycles. The van der Waals surface area contributed by atoms with Crippen molar-refractivity contribution in [3.8, 4) is 0 Å². The van der Waals surface area contributed by atoms with Crippen LogP contribution in [0.25, 0.3) is 0 Å². The minimum Gasteiger partial charge on any atom is -0.477 e. The Hall–Kier alpha value is -1.65. The molecule has 1 aliphatic carbocycles. The van der Waals surface area contributed by atoms with Crippen molar-refractivity contribution < 1.29 is 9.90 Å². The van der Waals surface area contributed by atoms with Gasteiger partial charge in [-0.25, -0.2) is 14.8 Å². The Bertz CT molecular complexity index is 414. The molecule has 0 unspecified atom stereocenters. The number of hydrogen-bond donors (Lipinski definition) is 2. The molecular formula is C13H19N3O2. The number of carbonyl (C=O) groups is 1. The monoisotopic (exact) mass is 249 g/mol. The Kier molecular flexibility index (Phi) is 4.12. The Balaban J connectivity index is 1.92. The minimum atomic E-state index is -0.990. The number of nitrogens with zero attached hydrogens (tertiary/aromatic N) is 2. The van der Waals surface area contributed by atoms with Gasteiger partial charge in [-0.1, -0.05) is 19.8 Å². The third-order valence-electron chi connectivity index (χ3n) is 3.64. The molecule has 0 saturated heterocycles. The molecule has 0 spiro atoms. The number of carboxylic acid groups (broad SMARTS) is 1. The fourth-order valence-corrected chi connectivity index (χ4v) is 2.40. The molecular weight excluding hydrogens is 230 g/mol. The highest BCUT2D eigenvalue weighted by Crippen LogP contribution is 2.28. The summed E-state index contributed by atoms with van der Waals surface area (Å²) in [6, 6.07) is 0. The van der Waals surface area contributed by atoms with Crippen molar-refractivity contribution in [2.45, 2.75) is 32.6 Å². The van der Waals surface area contributed by atoms with Crippen LogP contribution in [0.2, 0.25) is 0 Å². The molecule has 1 heterocycles. The minimum absolute atomic E-state index is 0.140. The zero-order chi connectivity index (χ0) is 13.0. The van der Waals surface area contributed by atoms with Gasteiger partial charge in [-0.3, -0.25) is 0 Å². The molecule has 0 aliphatic heterocycles. The maximum atomic E-state index is 11.0. The van der Waals surface area contributed by atoms with E-state index in [9.17, 15) is 4.79 Å². The van der Waals surface area contributed by atoms with Crippen molar-refractivity contribution in [1.82, 2.24) is 9.97 Å². The number of nitrogens with one attached hydrogen (secondary N) is 1. The predicted molar refractivity (Wildman–Crippen MR) is 68.6 cm³/mol. The number of aromatic nitrogens is 2. The van der Waals surface area contributed by atoms with E-state index in [1.54, 1.807) is 0 Å². The third kappa shape index (κ3) is 3.18. The van der Waals surface area contributed by atoms with E-state index in [2.05, 4.69) is 22.2 Å². The predicted octanol–water partition coefficient (Wildman–Crippen LogP) is 2.41. The Morgan fingerprint density at radius 2 is 2.17 bits per heavy atom. The highest BCUT2D eigenvalue weighted by atomic mass is 16.4. The normalized spacial score (nSPS) is 23.6. The zero-order valence-electron chi connectivity index (χ0n) is 10.6. The van der Waals surface area contributed by atoms with Gasteiger partial charge in [0, 0.05) is 12.7 Å². The largest absolute Gasteiger partial charge is 0.477 e. The van der Waals surface area contributed by atoms with Crippen LogP contribution in [-0.2, 0) is 0 Å². The summed E-state index contributed by atoms with van der Waals surface area (Å²) in [5, 5.41) is 12.2. The van der Waals surface area contributed by atoms with Gasteiger partial charge in [0.1, 0.15) is 17.7 Å². The van der Waals surface area contributed by atoms with Crippen LogP contribution in [0.4, 0.5) is 5.82 Å². The van der Waals surface area contributed by atoms with Crippen LogP contribution >= 0.6 is 0 Å². The number of aromatic carboxylic acids is 1. The number of rotatable bonds is 4. The molecule has 5 heteroatoms. The summed E-state index contributed by atoms with van der Waals surface area (Å²) < 4.78 is 0. The summed E-state index contributed by atoms with van der Waals surface area (Å²) in [6.45, 7) is 3.08. The van der Waals surface area contributed by atoms with E-state index in [1.165, 1.54) is 38.2 Å². The maximum Gasteiger partial charge on any atom is 0.341 e. The highest BCUT2D eigenvalue weighted by Gasteiger charge is 2.19. The van der Waals surface area contributed by atoms with Crippen LogP contribution in [0, 0.1) is 11.8 Å². The van der Waals surface area contributed by atoms with Crippen LogP contribution in [0.3, 0.4) is 0 Å². The van der Waals surface area contributed by atoms with Gasteiger partial charge in [0.05, 0.1) is 0 Å². The summed E-state index contributed by atoms with van der Waals surface area (Å²) >= 11 is 0. The molecule has 1 aromatic heterocycles. The lowest BCUT2D eigenvalue weighted by molar-refractivity contribution is 0.0697. The standard InChI is InChI=1S/C13H19N3O2/c1-9-2-4-10(5-3-9)6-15-12-11(13(17)18)7-14-8-16-12/h7-10H,2-6H2,1H3,(H,17,18)(H,14,15,16). The lowest BCUT2D eigenvalue weighted by Gasteiger charge is -2.26. The summed E-state index contributed by atoms with van der Waals surface area (Å²) in [6.07, 6.45) is 7.66. The number of anilines is 1. The van der Waals surface area contributed by atoms with Crippen molar-refractivity contribution in [2.24, 2.45) is 11.8 Å². The Labute approximate surface area is 107 Å². The first kappa shape index (κ1) is 12.8. The van der Waals surface area contributed by atoms with E-state index in [0.29, 0.717) is 11.7 Å². The lowest BCUT2D eigenvalue weighted by atomic mass is 9.83. The van der Waals surface area contributed by atoms with Gasteiger partial charge in [0.25, 0.3) is 0 Å². The Morgan fingerprint density at radius 3 is 2.83 bits per heavy atom. The van der Waals surface area contributed by atoms with Crippen LogP contribution < -0.4 is 5.32 Å². The first-order chi connectivity index (χ1) is 8.66. The highest BCUT2D eigenvalue weighted by molar-refractivity contribution is 5.92. The van der Waals surface area contributed by atoms with Gasteiger partial charge in [-0.15, -0.1) is 0 Å². The molecule has 18 heavy (non-hydrogen) atoms. The van der Waals surface area contributed by atoms with Crippen molar-refractivity contribution in [3.63, 3.8) is 0 Å². The van der Waals surface area contributed by atoms with Crippen LogP contribution in [-0.4, -0.2) is 27.6 Å². The van der Waals surface area contributed by atoms with Crippen LogP contribution in [0.1, 0.15) is 43.0 Å². The quantitative estimate of drug-likeness (QED) is 0.857.